The van der Waals surface area contributed by atoms with Crippen LogP contribution in [-0.2, 0) is 11.3 Å². The molecule has 0 aliphatic heterocycles. The largest absolute Gasteiger partial charge is 0.493 e. The molecule has 0 saturated heterocycles. The van der Waals surface area contributed by atoms with E-state index in [0.29, 0.717) is 17.2 Å². The van der Waals surface area contributed by atoms with Crippen molar-refractivity contribution < 1.29 is 18.9 Å². The number of methoxy groups -OCH3 is 3. The SMILES string of the molecule is CCCNCc1cc(OC)c(OCOC)c(OC)c1. The van der Waals surface area contributed by atoms with Crippen molar-refractivity contribution >= 4 is 0 Å². The summed E-state index contributed by atoms with van der Waals surface area (Å²) < 4.78 is 21.1. The first-order valence-corrected chi connectivity index (χ1v) is 6.34. The molecule has 19 heavy (non-hydrogen) atoms. The van der Waals surface area contributed by atoms with E-state index in [2.05, 4.69) is 12.2 Å². The predicted octanol–water partition coefficient (Wildman–Crippen LogP) is 2.19. The Kier molecular flexibility index (Phi) is 7.07. The lowest BCUT2D eigenvalue weighted by Gasteiger charge is -2.15. The van der Waals surface area contributed by atoms with E-state index in [-0.39, 0.29) is 6.79 Å². The van der Waals surface area contributed by atoms with Gasteiger partial charge in [0.05, 0.1) is 14.2 Å². The maximum absolute atomic E-state index is 5.49. The Labute approximate surface area is 114 Å². The maximum atomic E-state index is 5.49. The lowest BCUT2D eigenvalue weighted by molar-refractivity contribution is 0.0471. The van der Waals surface area contributed by atoms with Gasteiger partial charge in [0.1, 0.15) is 0 Å². The van der Waals surface area contributed by atoms with Crippen LogP contribution >= 0.6 is 0 Å². The van der Waals surface area contributed by atoms with Crippen molar-refractivity contribution in [2.45, 2.75) is 19.9 Å². The molecule has 0 spiro atoms. The van der Waals surface area contributed by atoms with Gasteiger partial charge in [-0.3, -0.25) is 0 Å². The quantitative estimate of drug-likeness (QED) is 0.550. The molecular formula is C14H23NO4. The number of hydrogen-bond acceptors (Lipinski definition) is 5. The molecule has 1 N–H and O–H groups in total. The topological polar surface area (TPSA) is 49.0 Å². The lowest BCUT2D eigenvalue weighted by atomic mass is 10.1. The molecular weight excluding hydrogens is 246 g/mol. The second-order valence-electron chi connectivity index (χ2n) is 4.06. The van der Waals surface area contributed by atoms with Gasteiger partial charge in [-0.25, -0.2) is 0 Å². The first-order chi connectivity index (χ1) is 9.26. The lowest BCUT2D eigenvalue weighted by Crippen LogP contribution is -2.14. The molecule has 0 fully saturated rings. The fourth-order valence-corrected chi connectivity index (χ4v) is 1.71. The van der Waals surface area contributed by atoms with Gasteiger partial charge in [0, 0.05) is 13.7 Å². The number of ether oxygens (including phenoxy) is 4. The first kappa shape index (κ1) is 15.6. The third kappa shape index (κ3) is 4.61. The van der Waals surface area contributed by atoms with Gasteiger partial charge < -0.3 is 24.3 Å². The molecule has 1 aromatic carbocycles. The van der Waals surface area contributed by atoms with Gasteiger partial charge in [-0.2, -0.15) is 0 Å². The van der Waals surface area contributed by atoms with Crippen LogP contribution in [0.25, 0.3) is 0 Å². The monoisotopic (exact) mass is 269 g/mol. The summed E-state index contributed by atoms with van der Waals surface area (Å²) in [6.45, 7) is 4.04. The van der Waals surface area contributed by atoms with E-state index in [9.17, 15) is 0 Å². The van der Waals surface area contributed by atoms with Crippen LogP contribution < -0.4 is 19.5 Å². The number of hydrogen-bond donors (Lipinski definition) is 1. The van der Waals surface area contributed by atoms with Gasteiger partial charge in [0.15, 0.2) is 18.3 Å². The van der Waals surface area contributed by atoms with Gasteiger partial charge in [-0.15, -0.1) is 0 Å². The Balaban J connectivity index is 2.91. The maximum Gasteiger partial charge on any atom is 0.206 e. The Bertz CT molecular complexity index is 357. The van der Waals surface area contributed by atoms with E-state index in [4.69, 9.17) is 18.9 Å². The fraction of sp³-hybridized carbons (Fsp3) is 0.571. The second kappa shape index (κ2) is 8.61. The third-order valence-electron chi connectivity index (χ3n) is 2.60. The standard InChI is InChI=1S/C14H23NO4/c1-5-6-15-9-11-7-12(17-3)14(19-10-16-2)13(8-11)18-4/h7-8,15H,5-6,9-10H2,1-4H3. The summed E-state index contributed by atoms with van der Waals surface area (Å²) in [6, 6.07) is 3.88. The first-order valence-electron chi connectivity index (χ1n) is 6.34. The van der Waals surface area contributed by atoms with Crippen LogP contribution in [0.15, 0.2) is 12.1 Å². The molecule has 5 nitrogen and oxygen atoms in total. The number of benzene rings is 1. The van der Waals surface area contributed by atoms with Crippen molar-refractivity contribution in [3.63, 3.8) is 0 Å². The van der Waals surface area contributed by atoms with Crippen LogP contribution in [0.5, 0.6) is 17.2 Å². The summed E-state index contributed by atoms with van der Waals surface area (Å²) in [5, 5.41) is 3.34. The summed E-state index contributed by atoms with van der Waals surface area (Å²) in [6.07, 6.45) is 1.10. The predicted molar refractivity (Wildman–Crippen MR) is 74.0 cm³/mol. The zero-order valence-corrected chi connectivity index (χ0v) is 12.1. The molecule has 0 atom stereocenters. The smallest absolute Gasteiger partial charge is 0.206 e. The van der Waals surface area contributed by atoms with Crippen LogP contribution in [0.4, 0.5) is 0 Å². The molecule has 0 aromatic heterocycles. The van der Waals surface area contributed by atoms with E-state index in [1.807, 2.05) is 12.1 Å². The highest BCUT2D eigenvalue weighted by Gasteiger charge is 2.14. The molecule has 1 rings (SSSR count). The van der Waals surface area contributed by atoms with Crippen molar-refractivity contribution in [2.75, 3.05) is 34.7 Å². The van der Waals surface area contributed by atoms with Crippen molar-refractivity contribution in [2.24, 2.45) is 0 Å². The number of nitrogens with one attached hydrogen (secondary N) is 1. The minimum Gasteiger partial charge on any atom is -0.493 e. The summed E-state index contributed by atoms with van der Waals surface area (Å²) >= 11 is 0. The highest BCUT2D eigenvalue weighted by Crippen LogP contribution is 2.38. The normalized spacial score (nSPS) is 10.3. The molecule has 0 heterocycles. The van der Waals surface area contributed by atoms with Crippen LogP contribution in [0.2, 0.25) is 0 Å². The molecule has 0 radical (unpaired) electrons. The van der Waals surface area contributed by atoms with Crippen molar-refractivity contribution in [1.29, 1.82) is 0 Å². The van der Waals surface area contributed by atoms with Gasteiger partial charge in [-0.1, -0.05) is 6.92 Å². The van der Waals surface area contributed by atoms with E-state index in [0.717, 1.165) is 25.1 Å². The highest BCUT2D eigenvalue weighted by atomic mass is 16.7. The average molecular weight is 269 g/mol. The van der Waals surface area contributed by atoms with Gasteiger partial charge >= 0.3 is 0 Å². The Morgan fingerprint density at radius 2 is 1.68 bits per heavy atom. The van der Waals surface area contributed by atoms with E-state index < -0.39 is 0 Å². The summed E-state index contributed by atoms with van der Waals surface area (Å²) in [4.78, 5) is 0. The van der Waals surface area contributed by atoms with Crippen LogP contribution in [0, 0.1) is 0 Å². The van der Waals surface area contributed by atoms with E-state index in [1.54, 1.807) is 21.3 Å². The zero-order chi connectivity index (χ0) is 14.1. The second-order valence-corrected chi connectivity index (χ2v) is 4.06. The minimum absolute atomic E-state index is 0.153. The van der Waals surface area contributed by atoms with Gasteiger partial charge in [-0.05, 0) is 30.7 Å². The number of rotatable bonds is 9. The molecule has 0 amide bonds. The van der Waals surface area contributed by atoms with Crippen LogP contribution in [-0.4, -0.2) is 34.7 Å². The van der Waals surface area contributed by atoms with Crippen molar-refractivity contribution in [1.82, 2.24) is 5.32 Å². The summed E-state index contributed by atoms with van der Waals surface area (Å²) in [5.74, 6) is 1.85. The Morgan fingerprint density at radius 1 is 1.05 bits per heavy atom. The van der Waals surface area contributed by atoms with E-state index >= 15 is 0 Å². The Hall–Kier alpha value is -1.46. The highest BCUT2D eigenvalue weighted by molar-refractivity contribution is 5.53. The molecule has 5 heteroatoms. The molecule has 0 aliphatic rings. The molecule has 108 valence electrons. The van der Waals surface area contributed by atoms with Crippen molar-refractivity contribution in [3.05, 3.63) is 17.7 Å². The minimum atomic E-state index is 0.153. The van der Waals surface area contributed by atoms with Gasteiger partial charge in [0.25, 0.3) is 0 Å². The van der Waals surface area contributed by atoms with Crippen LogP contribution in [0.3, 0.4) is 0 Å². The summed E-state index contributed by atoms with van der Waals surface area (Å²) in [7, 11) is 4.79. The van der Waals surface area contributed by atoms with Crippen molar-refractivity contribution in [3.8, 4) is 17.2 Å². The molecule has 0 aliphatic carbocycles. The fourth-order valence-electron chi connectivity index (χ4n) is 1.71. The zero-order valence-electron chi connectivity index (χ0n) is 12.1. The molecule has 0 saturated carbocycles. The molecule has 1 aromatic rings. The average Bonchev–Trinajstić information content (AvgIpc) is 2.45. The van der Waals surface area contributed by atoms with E-state index in [1.165, 1.54) is 0 Å². The Morgan fingerprint density at radius 3 is 2.16 bits per heavy atom. The third-order valence-corrected chi connectivity index (χ3v) is 2.60. The molecule has 0 unspecified atom stereocenters. The molecule has 0 bridgehead atoms. The van der Waals surface area contributed by atoms with Gasteiger partial charge in [0.2, 0.25) is 5.75 Å². The summed E-state index contributed by atoms with van der Waals surface area (Å²) in [5.41, 5.74) is 1.09. The van der Waals surface area contributed by atoms with Crippen LogP contribution in [0.1, 0.15) is 18.9 Å².